The summed E-state index contributed by atoms with van der Waals surface area (Å²) < 4.78 is 22.3. The van der Waals surface area contributed by atoms with Crippen molar-refractivity contribution in [2.75, 3.05) is 32.4 Å². The number of hydrogen-bond acceptors (Lipinski definition) is 7. The number of oxazole rings is 1. The highest BCUT2D eigenvalue weighted by molar-refractivity contribution is 5.92. The van der Waals surface area contributed by atoms with Crippen LogP contribution in [-0.2, 0) is 0 Å². The Hall–Kier alpha value is -3.87. The summed E-state index contributed by atoms with van der Waals surface area (Å²) in [6, 6.07) is 15.6. The molecule has 0 bridgehead atoms. The van der Waals surface area contributed by atoms with Crippen molar-refractivity contribution in [3.05, 3.63) is 54.1 Å². The first-order valence-corrected chi connectivity index (χ1v) is 9.37. The Bertz CT molecular complexity index is 1190. The SMILES string of the molecule is COc1cc(Nc2nc3cccc(-c4ccc(N)cc4C)c3o2)cc(OC)c1OC. The summed E-state index contributed by atoms with van der Waals surface area (Å²) >= 11 is 0. The lowest BCUT2D eigenvalue weighted by Gasteiger charge is -2.14. The van der Waals surface area contributed by atoms with E-state index in [0.717, 1.165) is 27.9 Å². The normalized spacial score (nSPS) is 10.8. The number of para-hydroxylation sites is 1. The van der Waals surface area contributed by atoms with Crippen LogP contribution < -0.4 is 25.3 Å². The van der Waals surface area contributed by atoms with E-state index in [2.05, 4.69) is 10.3 Å². The van der Waals surface area contributed by atoms with Gasteiger partial charge in [0.1, 0.15) is 5.52 Å². The molecule has 0 aliphatic heterocycles. The summed E-state index contributed by atoms with van der Waals surface area (Å²) in [7, 11) is 4.71. The molecule has 3 N–H and O–H groups in total. The van der Waals surface area contributed by atoms with Crippen molar-refractivity contribution >= 4 is 28.5 Å². The summed E-state index contributed by atoms with van der Waals surface area (Å²) in [6.45, 7) is 2.02. The molecule has 0 atom stereocenters. The number of nitrogens with zero attached hydrogens (tertiary/aromatic N) is 1. The zero-order chi connectivity index (χ0) is 21.3. The topological polar surface area (TPSA) is 91.8 Å². The van der Waals surface area contributed by atoms with E-state index in [4.69, 9.17) is 24.4 Å². The van der Waals surface area contributed by atoms with Gasteiger partial charge in [-0.25, -0.2) is 0 Å². The molecule has 154 valence electrons. The molecule has 0 aliphatic rings. The average Bonchev–Trinajstić information content (AvgIpc) is 3.15. The number of aryl methyl sites for hydroxylation is 1. The third-order valence-electron chi connectivity index (χ3n) is 4.87. The van der Waals surface area contributed by atoms with Crippen LogP contribution in [0.5, 0.6) is 17.2 Å². The van der Waals surface area contributed by atoms with Crippen molar-refractivity contribution in [1.82, 2.24) is 4.98 Å². The van der Waals surface area contributed by atoms with Crippen molar-refractivity contribution < 1.29 is 18.6 Å². The molecule has 0 saturated carbocycles. The van der Waals surface area contributed by atoms with Gasteiger partial charge < -0.3 is 29.7 Å². The highest BCUT2D eigenvalue weighted by atomic mass is 16.5. The molecule has 4 aromatic rings. The Balaban J connectivity index is 1.75. The van der Waals surface area contributed by atoms with Crippen molar-refractivity contribution in [1.29, 1.82) is 0 Å². The summed E-state index contributed by atoms with van der Waals surface area (Å²) in [5.74, 6) is 1.59. The first-order chi connectivity index (χ1) is 14.5. The number of hydrogen-bond donors (Lipinski definition) is 2. The minimum Gasteiger partial charge on any atom is -0.493 e. The quantitative estimate of drug-likeness (QED) is 0.428. The third-order valence-corrected chi connectivity index (χ3v) is 4.87. The van der Waals surface area contributed by atoms with Crippen molar-refractivity contribution in [2.24, 2.45) is 0 Å². The number of fused-ring (bicyclic) bond motifs is 1. The Morgan fingerprint density at radius 1 is 0.900 bits per heavy atom. The number of anilines is 3. The van der Waals surface area contributed by atoms with Crippen LogP contribution in [-0.4, -0.2) is 26.3 Å². The van der Waals surface area contributed by atoms with Gasteiger partial charge in [0.25, 0.3) is 6.01 Å². The van der Waals surface area contributed by atoms with Crippen LogP contribution in [0, 0.1) is 6.92 Å². The monoisotopic (exact) mass is 405 g/mol. The summed E-state index contributed by atoms with van der Waals surface area (Å²) in [6.07, 6.45) is 0. The van der Waals surface area contributed by atoms with E-state index in [0.29, 0.717) is 34.5 Å². The Morgan fingerprint density at radius 2 is 1.63 bits per heavy atom. The number of rotatable bonds is 6. The van der Waals surface area contributed by atoms with E-state index in [1.807, 2.05) is 43.3 Å². The van der Waals surface area contributed by atoms with Gasteiger partial charge in [-0.2, -0.15) is 4.98 Å². The maximum atomic E-state index is 6.08. The van der Waals surface area contributed by atoms with Gasteiger partial charge in [0.2, 0.25) is 5.75 Å². The highest BCUT2D eigenvalue weighted by Crippen LogP contribution is 2.41. The number of nitrogens with two attached hydrogens (primary N) is 1. The molecule has 0 aliphatic carbocycles. The molecule has 7 heteroatoms. The summed E-state index contributed by atoms with van der Waals surface area (Å²) in [4.78, 5) is 4.58. The molecule has 1 aromatic heterocycles. The molecule has 1 heterocycles. The van der Waals surface area contributed by atoms with Crippen LogP contribution in [0.2, 0.25) is 0 Å². The van der Waals surface area contributed by atoms with Gasteiger partial charge in [-0.05, 0) is 36.2 Å². The summed E-state index contributed by atoms with van der Waals surface area (Å²) in [5, 5.41) is 3.18. The predicted octanol–water partition coefficient (Wildman–Crippen LogP) is 5.15. The van der Waals surface area contributed by atoms with Crippen LogP contribution in [0.1, 0.15) is 5.56 Å². The Morgan fingerprint density at radius 3 is 2.27 bits per heavy atom. The van der Waals surface area contributed by atoms with E-state index in [1.54, 1.807) is 33.5 Å². The van der Waals surface area contributed by atoms with Gasteiger partial charge >= 0.3 is 0 Å². The van der Waals surface area contributed by atoms with Crippen LogP contribution in [0.3, 0.4) is 0 Å². The van der Waals surface area contributed by atoms with Gasteiger partial charge in [0, 0.05) is 29.1 Å². The largest absolute Gasteiger partial charge is 0.493 e. The molecule has 0 spiro atoms. The van der Waals surface area contributed by atoms with Crippen molar-refractivity contribution in [3.8, 4) is 28.4 Å². The minimum absolute atomic E-state index is 0.361. The van der Waals surface area contributed by atoms with Gasteiger partial charge in [-0.15, -0.1) is 0 Å². The average molecular weight is 405 g/mol. The molecule has 0 radical (unpaired) electrons. The lowest BCUT2D eigenvalue weighted by Crippen LogP contribution is -1.97. The van der Waals surface area contributed by atoms with E-state index >= 15 is 0 Å². The first-order valence-electron chi connectivity index (χ1n) is 9.37. The second-order valence-electron chi connectivity index (χ2n) is 6.79. The predicted molar refractivity (Wildman–Crippen MR) is 118 cm³/mol. The smallest absolute Gasteiger partial charge is 0.300 e. The van der Waals surface area contributed by atoms with Gasteiger partial charge in [0.05, 0.1) is 21.3 Å². The van der Waals surface area contributed by atoms with Crippen LogP contribution in [0.4, 0.5) is 17.4 Å². The number of aromatic nitrogens is 1. The number of nitrogen functional groups attached to an aromatic ring is 1. The molecule has 30 heavy (non-hydrogen) atoms. The van der Waals surface area contributed by atoms with E-state index in [9.17, 15) is 0 Å². The maximum Gasteiger partial charge on any atom is 0.300 e. The molecule has 0 fully saturated rings. The van der Waals surface area contributed by atoms with Crippen LogP contribution >= 0.6 is 0 Å². The number of benzene rings is 3. The Labute approximate surface area is 174 Å². The van der Waals surface area contributed by atoms with Gasteiger partial charge in [-0.1, -0.05) is 18.2 Å². The van der Waals surface area contributed by atoms with Gasteiger partial charge in [0.15, 0.2) is 17.1 Å². The number of nitrogens with one attached hydrogen (secondary N) is 1. The maximum absolute atomic E-state index is 6.08. The molecule has 4 rings (SSSR count). The zero-order valence-corrected chi connectivity index (χ0v) is 17.3. The fourth-order valence-electron chi connectivity index (χ4n) is 3.48. The minimum atomic E-state index is 0.361. The standard InChI is InChI=1S/C23H23N3O4/c1-13-10-14(24)8-9-16(13)17-6-5-7-18-21(17)30-23(26-18)25-15-11-19(27-2)22(29-4)20(12-15)28-3/h5-12H,24H2,1-4H3,(H,25,26). The summed E-state index contributed by atoms with van der Waals surface area (Å²) in [5.41, 5.74) is 11.8. The van der Waals surface area contributed by atoms with Crippen LogP contribution in [0.25, 0.3) is 22.2 Å². The fraction of sp³-hybridized carbons (Fsp3) is 0.174. The van der Waals surface area contributed by atoms with Gasteiger partial charge in [-0.3, -0.25) is 0 Å². The van der Waals surface area contributed by atoms with Crippen LogP contribution in [0.15, 0.2) is 52.9 Å². The molecule has 0 saturated heterocycles. The first kappa shape index (κ1) is 19.4. The van der Waals surface area contributed by atoms with E-state index in [-0.39, 0.29) is 0 Å². The molecular weight excluding hydrogens is 382 g/mol. The molecule has 3 aromatic carbocycles. The van der Waals surface area contributed by atoms with Crippen molar-refractivity contribution in [3.63, 3.8) is 0 Å². The van der Waals surface area contributed by atoms with E-state index < -0.39 is 0 Å². The number of methoxy groups -OCH3 is 3. The molecule has 0 unspecified atom stereocenters. The van der Waals surface area contributed by atoms with E-state index in [1.165, 1.54) is 0 Å². The fourth-order valence-corrected chi connectivity index (χ4v) is 3.48. The second kappa shape index (κ2) is 7.87. The van der Waals surface area contributed by atoms with Crippen molar-refractivity contribution in [2.45, 2.75) is 6.92 Å². The lowest BCUT2D eigenvalue weighted by atomic mass is 9.99. The lowest BCUT2D eigenvalue weighted by molar-refractivity contribution is 0.324. The Kier molecular flexibility index (Phi) is 5.10. The zero-order valence-electron chi connectivity index (χ0n) is 17.3. The molecule has 7 nitrogen and oxygen atoms in total. The second-order valence-corrected chi connectivity index (χ2v) is 6.79. The third kappa shape index (κ3) is 3.45. The molecule has 0 amide bonds. The highest BCUT2D eigenvalue weighted by Gasteiger charge is 2.16. The number of ether oxygens (including phenoxy) is 3. The molecular formula is C23H23N3O4.